The van der Waals surface area contributed by atoms with Gasteiger partial charge in [-0.1, -0.05) is 27.5 Å². The highest BCUT2D eigenvalue weighted by Crippen LogP contribution is 2.25. The fraction of sp³-hybridized carbons (Fsp3) is 0. The highest BCUT2D eigenvalue weighted by Gasteiger charge is 2.18. The normalized spacial score (nSPS) is 11.3. The standard InChI is InChI=1S/C12H10BrClN2O2S/c13-8-1-4-10(5-2-8)16-19(17,18)12-7-9(14)3-6-11(12)15/h1-7,16H,15H2. The van der Waals surface area contributed by atoms with E-state index in [1.165, 1.54) is 18.2 Å². The molecule has 0 saturated carbocycles. The molecule has 2 aromatic rings. The SMILES string of the molecule is Nc1ccc(Cl)cc1S(=O)(=O)Nc1ccc(Br)cc1. The average Bonchev–Trinajstić information content (AvgIpc) is 2.35. The van der Waals surface area contributed by atoms with E-state index in [0.717, 1.165) is 4.47 Å². The Hall–Kier alpha value is -1.24. The van der Waals surface area contributed by atoms with Crippen molar-refractivity contribution >= 4 is 48.9 Å². The van der Waals surface area contributed by atoms with E-state index in [0.29, 0.717) is 10.7 Å². The smallest absolute Gasteiger partial charge is 0.263 e. The predicted molar refractivity (Wildman–Crippen MR) is 80.8 cm³/mol. The van der Waals surface area contributed by atoms with Crippen LogP contribution in [0.25, 0.3) is 0 Å². The lowest BCUT2D eigenvalue weighted by atomic mass is 10.3. The highest BCUT2D eigenvalue weighted by molar-refractivity contribution is 9.10. The number of sulfonamides is 1. The molecule has 2 aromatic carbocycles. The van der Waals surface area contributed by atoms with Crippen LogP contribution in [0.3, 0.4) is 0 Å². The predicted octanol–water partition coefficient (Wildman–Crippen LogP) is 3.49. The van der Waals surface area contributed by atoms with E-state index in [9.17, 15) is 8.42 Å². The Balaban J connectivity index is 2.37. The van der Waals surface area contributed by atoms with Crippen molar-refractivity contribution in [3.63, 3.8) is 0 Å². The molecule has 0 spiro atoms. The van der Waals surface area contributed by atoms with E-state index in [-0.39, 0.29) is 10.6 Å². The van der Waals surface area contributed by atoms with Crippen molar-refractivity contribution < 1.29 is 8.42 Å². The molecule has 2 rings (SSSR count). The molecule has 4 nitrogen and oxygen atoms in total. The average molecular weight is 362 g/mol. The summed E-state index contributed by atoms with van der Waals surface area (Å²) in [5.74, 6) is 0. The van der Waals surface area contributed by atoms with E-state index in [1.807, 2.05) is 0 Å². The molecule has 0 radical (unpaired) electrons. The minimum Gasteiger partial charge on any atom is -0.398 e. The first kappa shape index (κ1) is 14.2. The first-order valence-electron chi connectivity index (χ1n) is 5.22. The van der Waals surface area contributed by atoms with Gasteiger partial charge in [0, 0.05) is 15.2 Å². The molecule has 0 aromatic heterocycles. The molecule has 0 fully saturated rings. The molecule has 0 amide bonds. The minimum atomic E-state index is -3.75. The molecule has 0 aliphatic rings. The van der Waals surface area contributed by atoms with Crippen molar-refractivity contribution in [1.29, 1.82) is 0 Å². The maximum absolute atomic E-state index is 12.2. The molecule has 0 unspecified atom stereocenters. The van der Waals surface area contributed by atoms with Gasteiger partial charge in [-0.3, -0.25) is 4.72 Å². The minimum absolute atomic E-state index is 0.0390. The van der Waals surface area contributed by atoms with E-state index < -0.39 is 10.0 Å². The van der Waals surface area contributed by atoms with Crippen molar-refractivity contribution in [2.24, 2.45) is 0 Å². The highest BCUT2D eigenvalue weighted by atomic mass is 79.9. The van der Waals surface area contributed by atoms with Crippen molar-refractivity contribution in [2.45, 2.75) is 4.90 Å². The van der Waals surface area contributed by atoms with Crippen LogP contribution in [0.5, 0.6) is 0 Å². The van der Waals surface area contributed by atoms with Crippen LogP contribution in [0.15, 0.2) is 51.8 Å². The molecule has 19 heavy (non-hydrogen) atoms. The van der Waals surface area contributed by atoms with Crippen LogP contribution in [0.2, 0.25) is 5.02 Å². The molecule has 100 valence electrons. The molecule has 0 saturated heterocycles. The molecule has 0 aliphatic carbocycles. The molecule has 7 heteroatoms. The summed E-state index contributed by atoms with van der Waals surface area (Å²) in [5, 5.41) is 0.311. The topological polar surface area (TPSA) is 72.2 Å². The van der Waals surface area contributed by atoms with Gasteiger partial charge in [-0.05, 0) is 42.5 Å². The molecular weight excluding hydrogens is 352 g/mol. The van der Waals surface area contributed by atoms with Gasteiger partial charge in [-0.2, -0.15) is 0 Å². The van der Waals surface area contributed by atoms with Crippen molar-refractivity contribution in [3.05, 3.63) is 52.0 Å². The number of anilines is 2. The van der Waals surface area contributed by atoms with Gasteiger partial charge < -0.3 is 5.73 Å². The lowest BCUT2D eigenvalue weighted by molar-refractivity contribution is 0.601. The van der Waals surface area contributed by atoms with Gasteiger partial charge in [0.15, 0.2) is 0 Å². The number of hydrogen-bond donors (Lipinski definition) is 2. The van der Waals surface area contributed by atoms with Crippen LogP contribution >= 0.6 is 27.5 Å². The molecule has 3 N–H and O–H groups in total. The Morgan fingerprint density at radius 2 is 1.74 bits per heavy atom. The largest absolute Gasteiger partial charge is 0.398 e. The summed E-state index contributed by atoms with van der Waals surface area (Å²) in [7, 11) is -3.75. The number of rotatable bonds is 3. The van der Waals surface area contributed by atoms with Gasteiger partial charge in [-0.25, -0.2) is 8.42 Å². The van der Waals surface area contributed by atoms with E-state index in [2.05, 4.69) is 20.7 Å². The Morgan fingerprint density at radius 3 is 2.37 bits per heavy atom. The Kier molecular flexibility index (Phi) is 4.03. The molecular formula is C12H10BrClN2O2S. The first-order valence-corrected chi connectivity index (χ1v) is 7.87. The van der Waals surface area contributed by atoms with Gasteiger partial charge in [0.05, 0.1) is 5.69 Å². The number of nitrogens with two attached hydrogens (primary N) is 1. The second-order valence-corrected chi connectivity index (χ2v) is 6.80. The third-order valence-corrected chi connectivity index (χ3v) is 4.56. The molecule has 0 aliphatic heterocycles. The van der Waals surface area contributed by atoms with Crippen LogP contribution < -0.4 is 10.5 Å². The molecule has 0 atom stereocenters. The monoisotopic (exact) mass is 360 g/mol. The van der Waals surface area contributed by atoms with E-state index in [1.54, 1.807) is 24.3 Å². The molecule has 0 bridgehead atoms. The van der Waals surface area contributed by atoms with Crippen LogP contribution in [0.1, 0.15) is 0 Å². The Labute approximate surface area is 124 Å². The second-order valence-electron chi connectivity index (χ2n) is 3.79. The fourth-order valence-corrected chi connectivity index (χ4v) is 3.19. The number of hydrogen-bond acceptors (Lipinski definition) is 3. The lowest BCUT2D eigenvalue weighted by Gasteiger charge is -2.10. The zero-order chi connectivity index (χ0) is 14.0. The summed E-state index contributed by atoms with van der Waals surface area (Å²) in [6.45, 7) is 0. The van der Waals surface area contributed by atoms with Crippen LogP contribution in [-0.2, 0) is 10.0 Å². The number of benzene rings is 2. The summed E-state index contributed by atoms with van der Waals surface area (Å²) >= 11 is 9.07. The van der Waals surface area contributed by atoms with Gasteiger partial charge in [0.2, 0.25) is 0 Å². The van der Waals surface area contributed by atoms with Crippen LogP contribution in [-0.4, -0.2) is 8.42 Å². The van der Waals surface area contributed by atoms with E-state index >= 15 is 0 Å². The zero-order valence-electron chi connectivity index (χ0n) is 9.60. The van der Waals surface area contributed by atoms with Gasteiger partial charge in [-0.15, -0.1) is 0 Å². The van der Waals surface area contributed by atoms with E-state index in [4.69, 9.17) is 17.3 Å². The summed E-state index contributed by atoms with van der Waals surface area (Å²) < 4.78 is 27.7. The van der Waals surface area contributed by atoms with Crippen LogP contribution in [0, 0.1) is 0 Å². The maximum Gasteiger partial charge on any atom is 0.263 e. The second kappa shape index (κ2) is 5.40. The Bertz CT molecular complexity index is 702. The van der Waals surface area contributed by atoms with Crippen LogP contribution in [0.4, 0.5) is 11.4 Å². The van der Waals surface area contributed by atoms with Crippen molar-refractivity contribution in [3.8, 4) is 0 Å². The quantitative estimate of drug-likeness (QED) is 0.822. The maximum atomic E-state index is 12.2. The van der Waals surface area contributed by atoms with Crippen molar-refractivity contribution in [2.75, 3.05) is 10.5 Å². The number of nitrogens with one attached hydrogen (secondary N) is 1. The van der Waals surface area contributed by atoms with Gasteiger partial charge in [0.25, 0.3) is 10.0 Å². The summed E-state index contributed by atoms with van der Waals surface area (Å²) in [6, 6.07) is 11.1. The summed E-state index contributed by atoms with van der Waals surface area (Å²) in [5.41, 5.74) is 6.26. The first-order chi connectivity index (χ1) is 8.88. The lowest BCUT2D eigenvalue weighted by Crippen LogP contribution is -2.14. The van der Waals surface area contributed by atoms with Gasteiger partial charge >= 0.3 is 0 Å². The third-order valence-electron chi connectivity index (χ3n) is 2.36. The molecule has 0 heterocycles. The fourth-order valence-electron chi connectivity index (χ4n) is 1.47. The summed E-state index contributed by atoms with van der Waals surface area (Å²) in [6.07, 6.45) is 0. The zero-order valence-corrected chi connectivity index (χ0v) is 12.8. The number of nitrogen functional groups attached to an aromatic ring is 1. The Morgan fingerprint density at radius 1 is 1.11 bits per heavy atom. The number of halogens is 2. The summed E-state index contributed by atoms with van der Waals surface area (Å²) in [4.78, 5) is -0.0390. The van der Waals surface area contributed by atoms with Crippen molar-refractivity contribution in [1.82, 2.24) is 0 Å². The van der Waals surface area contributed by atoms with Gasteiger partial charge in [0.1, 0.15) is 4.90 Å². The third kappa shape index (κ3) is 3.40.